The molecule has 1 N–H and O–H groups in total. The lowest BCUT2D eigenvalue weighted by Crippen LogP contribution is -2.26. The SMILES string of the molecule is Cc1ccccc1NCCN1CCC(c2ccccc2)C1. The van der Waals surface area contributed by atoms with E-state index in [2.05, 4.69) is 71.7 Å². The molecule has 2 nitrogen and oxygen atoms in total. The van der Waals surface area contributed by atoms with Crippen LogP contribution in [0.25, 0.3) is 0 Å². The lowest BCUT2D eigenvalue weighted by molar-refractivity contribution is 0.348. The first-order valence-electron chi connectivity index (χ1n) is 7.90. The van der Waals surface area contributed by atoms with Crippen LogP contribution >= 0.6 is 0 Å². The summed E-state index contributed by atoms with van der Waals surface area (Å²) in [5, 5.41) is 3.55. The number of aryl methyl sites for hydroxylation is 1. The predicted octanol–water partition coefficient (Wildman–Crippen LogP) is 3.90. The molecule has 0 amide bonds. The summed E-state index contributed by atoms with van der Waals surface area (Å²) in [7, 11) is 0. The summed E-state index contributed by atoms with van der Waals surface area (Å²) in [5.41, 5.74) is 4.07. The number of nitrogens with one attached hydrogen (secondary N) is 1. The van der Waals surface area contributed by atoms with E-state index in [-0.39, 0.29) is 0 Å². The first-order chi connectivity index (χ1) is 10.3. The molecule has 1 heterocycles. The molecule has 0 spiro atoms. The topological polar surface area (TPSA) is 15.3 Å². The molecule has 110 valence electrons. The van der Waals surface area contributed by atoms with Crippen LogP contribution in [0.2, 0.25) is 0 Å². The van der Waals surface area contributed by atoms with Gasteiger partial charge in [-0.05, 0) is 43.0 Å². The Morgan fingerprint density at radius 2 is 1.81 bits per heavy atom. The Balaban J connectivity index is 1.46. The summed E-state index contributed by atoms with van der Waals surface area (Å²) < 4.78 is 0. The van der Waals surface area contributed by atoms with E-state index in [4.69, 9.17) is 0 Å². The van der Waals surface area contributed by atoms with Gasteiger partial charge in [0, 0.05) is 25.3 Å². The van der Waals surface area contributed by atoms with Crippen molar-refractivity contribution in [2.75, 3.05) is 31.5 Å². The third-order valence-electron chi connectivity index (χ3n) is 4.43. The molecule has 0 aromatic heterocycles. The molecule has 0 radical (unpaired) electrons. The number of nitrogens with zero attached hydrogens (tertiary/aromatic N) is 1. The maximum Gasteiger partial charge on any atom is 0.0370 e. The Morgan fingerprint density at radius 1 is 1.05 bits per heavy atom. The first-order valence-corrected chi connectivity index (χ1v) is 7.90. The molecule has 3 rings (SSSR count). The molecule has 2 aromatic carbocycles. The Hall–Kier alpha value is -1.80. The molecular weight excluding hydrogens is 256 g/mol. The van der Waals surface area contributed by atoms with E-state index in [9.17, 15) is 0 Å². The van der Waals surface area contributed by atoms with Crippen molar-refractivity contribution in [1.29, 1.82) is 0 Å². The van der Waals surface area contributed by atoms with Gasteiger partial charge < -0.3 is 10.2 Å². The summed E-state index contributed by atoms with van der Waals surface area (Å²) in [6.07, 6.45) is 1.29. The number of rotatable bonds is 5. The summed E-state index contributed by atoms with van der Waals surface area (Å²) >= 11 is 0. The number of benzene rings is 2. The molecular formula is C19H24N2. The Labute approximate surface area is 127 Å². The predicted molar refractivity (Wildman–Crippen MR) is 89.9 cm³/mol. The van der Waals surface area contributed by atoms with Crippen molar-refractivity contribution in [3.05, 3.63) is 65.7 Å². The van der Waals surface area contributed by atoms with Crippen molar-refractivity contribution in [2.45, 2.75) is 19.3 Å². The Morgan fingerprint density at radius 3 is 2.62 bits per heavy atom. The van der Waals surface area contributed by atoms with Crippen molar-refractivity contribution in [1.82, 2.24) is 4.90 Å². The van der Waals surface area contributed by atoms with Crippen LogP contribution in [0, 0.1) is 6.92 Å². The monoisotopic (exact) mass is 280 g/mol. The highest BCUT2D eigenvalue weighted by molar-refractivity contribution is 5.50. The summed E-state index contributed by atoms with van der Waals surface area (Å²) in [6.45, 7) is 6.71. The molecule has 1 atom stereocenters. The van der Waals surface area contributed by atoms with Gasteiger partial charge in [0.2, 0.25) is 0 Å². The van der Waals surface area contributed by atoms with E-state index >= 15 is 0 Å². The van der Waals surface area contributed by atoms with Crippen LogP contribution in [0.3, 0.4) is 0 Å². The molecule has 21 heavy (non-hydrogen) atoms. The van der Waals surface area contributed by atoms with Crippen LogP contribution in [-0.2, 0) is 0 Å². The number of likely N-dealkylation sites (tertiary alicyclic amines) is 1. The standard InChI is InChI=1S/C19H24N2/c1-16-7-5-6-10-19(16)20-12-14-21-13-11-18(15-21)17-8-3-2-4-9-17/h2-10,18,20H,11-15H2,1H3. The highest BCUT2D eigenvalue weighted by Gasteiger charge is 2.22. The van der Waals surface area contributed by atoms with Gasteiger partial charge >= 0.3 is 0 Å². The van der Waals surface area contributed by atoms with Crippen LogP contribution in [0.5, 0.6) is 0 Å². The number of para-hydroxylation sites is 1. The van der Waals surface area contributed by atoms with Gasteiger partial charge in [0.1, 0.15) is 0 Å². The van der Waals surface area contributed by atoms with E-state index in [0.29, 0.717) is 5.92 Å². The molecule has 1 saturated heterocycles. The maximum absolute atomic E-state index is 3.55. The highest BCUT2D eigenvalue weighted by Crippen LogP contribution is 2.26. The van der Waals surface area contributed by atoms with Gasteiger partial charge in [-0.25, -0.2) is 0 Å². The second-order valence-corrected chi connectivity index (χ2v) is 5.94. The first kappa shape index (κ1) is 14.2. The quantitative estimate of drug-likeness (QED) is 0.893. The molecule has 1 unspecified atom stereocenters. The van der Waals surface area contributed by atoms with Crippen LogP contribution in [0.4, 0.5) is 5.69 Å². The largest absolute Gasteiger partial charge is 0.384 e. The summed E-state index contributed by atoms with van der Waals surface area (Å²) in [5.74, 6) is 0.713. The average molecular weight is 280 g/mol. The van der Waals surface area contributed by atoms with E-state index in [1.54, 1.807) is 0 Å². The number of anilines is 1. The van der Waals surface area contributed by atoms with Gasteiger partial charge in [-0.3, -0.25) is 0 Å². The van der Waals surface area contributed by atoms with Gasteiger partial charge in [0.05, 0.1) is 0 Å². The second-order valence-electron chi connectivity index (χ2n) is 5.94. The molecule has 1 aliphatic heterocycles. The molecule has 0 bridgehead atoms. The minimum absolute atomic E-state index is 0.713. The van der Waals surface area contributed by atoms with E-state index < -0.39 is 0 Å². The fourth-order valence-electron chi connectivity index (χ4n) is 3.15. The van der Waals surface area contributed by atoms with Crippen molar-refractivity contribution in [2.24, 2.45) is 0 Å². The van der Waals surface area contributed by atoms with Crippen molar-refractivity contribution in [3.63, 3.8) is 0 Å². The summed E-state index contributed by atoms with van der Waals surface area (Å²) in [4.78, 5) is 2.57. The highest BCUT2D eigenvalue weighted by atomic mass is 15.2. The van der Waals surface area contributed by atoms with Gasteiger partial charge in [-0.15, -0.1) is 0 Å². The minimum atomic E-state index is 0.713. The van der Waals surface area contributed by atoms with E-state index in [0.717, 1.165) is 13.1 Å². The minimum Gasteiger partial charge on any atom is -0.384 e. The molecule has 2 heteroatoms. The zero-order chi connectivity index (χ0) is 14.5. The zero-order valence-electron chi connectivity index (χ0n) is 12.8. The summed E-state index contributed by atoms with van der Waals surface area (Å²) in [6, 6.07) is 19.4. The van der Waals surface area contributed by atoms with Crippen LogP contribution in [0.1, 0.15) is 23.5 Å². The van der Waals surface area contributed by atoms with Crippen molar-refractivity contribution >= 4 is 5.69 Å². The smallest absolute Gasteiger partial charge is 0.0370 e. The van der Waals surface area contributed by atoms with Crippen LogP contribution in [-0.4, -0.2) is 31.1 Å². The van der Waals surface area contributed by atoms with Gasteiger partial charge in [0.25, 0.3) is 0 Å². The molecule has 0 aliphatic carbocycles. The van der Waals surface area contributed by atoms with Crippen LogP contribution < -0.4 is 5.32 Å². The van der Waals surface area contributed by atoms with E-state index in [1.807, 2.05) is 0 Å². The lowest BCUT2D eigenvalue weighted by Gasteiger charge is -2.17. The number of hydrogen-bond donors (Lipinski definition) is 1. The molecule has 1 fully saturated rings. The molecule has 1 aliphatic rings. The second kappa shape index (κ2) is 6.77. The van der Waals surface area contributed by atoms with E-state index in [1.165, 1.54) is 36.3 Å². The lowest BCUT2D eigenvalue weighted by atomic mass is 9.99. The molecule has 0 saturated carbocycles. The Bertz CT molecular complexity index is 565. The fraction of sp³-hybridized carbons (Fsp3) is 0.368. The van der Waals surface area contributed by atoms with Gasteiger partial charge in [0.15, 0.2) is 0 Å². The number of hydrogen-bond acceptors (Lipinski definition) is 2. The van der Waals surface area contributed by atoms with Crippen LogP contribution in [0.15, 0.2) is 54.6 Å². The molecule has 2 aromatic rings. The van der Waals surface area contributed by atoms with Crippen molar-refractivity contribution < 1.29 is 0 Å². The normalized spacial score (nSPS) is 18.8. The Kier molecular flexibility index (Phi) is 4.56. The van der Waals surface area contributed by atoms with Gasteiger partial charge in [-0.2, -0.15) is 0 Å². The third kappa shape index (κ3) is 3.64. The average Bonchev–Trinajstić information content (AvgIpc) is 2.99. The third-order valence-corrected chi connectivity index (χ3v) is 4.43. The fourth-order valence-corrected chi connectivity index (χ4v) is 3.15. The zero-order valence-corrected chi connectivity index (χ0v) is 12.8. The van der Waals surface area contributed by atoms with Gasteiger partial charge in [-0.1, -0.05) is 48.5 Å². The van der Waals surface area contributed by atoms with Crippen molar-refractivity contribution in [3.8, 4) is 0 Å². The maximum atomic E-state index is 3.55.